The normalized spacial score (nSPS) is 13.5. The Kier molecular flexibility index (Phi) is 3.96. The number of nitrogens with one attached hydrogen (secondary N) is 1. The fourth-order valence-corrected chi connectivity index (χ4v) is 1.44. The highest BCUT2D eigenvalue weighted by Crippen LogP contribution is 2.20. The number of carbonyl (C=O) groups excluding carboxylic acids is 1. The number of rotatable bonds is 3. The number of carbonyl (C=O) groups is 1. The van der Waals surface area contributed by atoms with Crippen molar-refractivity contribution < 1.29 is 9.32 Å². The molecule has 0 aliphatic heterocycles. The van der Waals surface area contributed by atoms with Crippen molar-refractivity contribution in [2.24, 2.45) is 5.41 Å². The third-order valence-corrected chi connectivity index (χ3v) is 3.14. The standard InChI is InChI=1S/C13H22N2O2/c1-7-10-11(8(2)17-15-10)12(16)14-9(3)13(4,5)6/h9H,7H2,1-6H3,(H,14,16)/t9-/m1/s1. The van der Waals surface area contributed by atoms with E-state index in [0.29, 0.717) is 17.7 Å². The summed E-state index contributed by atoms with van der Waals surface area (Å²) in [5.74, 6) is 0.489. The van der Waals surface area contributed by atoms with Crippen molar-refractivity contribution in [3.8, 4) is 0 Å². The summed E-state index contributed by atoms with van der Waals surface area (Å²) in [6.45, 7) is 12.0. The van der Waals surface area contributed by atoms with Gasteiger partial charge < -0.3 is 9.84 Å². The first-order chi connectivity index (χ1) is 7.77. The number of hydrogen-bond acceptors (Lipinski definition) is 3. The van der Waals surface area contributed by atoms with Crippen molar-refractivity contribution in [1.82, 2.24) is 10.5 Å². The van der Waals surface area contributed by atoms with Gasteiger partial charge in [-0.05, 0) is 25.7 Å². The van der Waals surface area contributed by atoms with Crippen molar-refractivity contribution >= 4 is 5.91 Å². The third kappa shape index (κ3) is 3.08. The lowest BCUT2D eigenvalue weighted by molar-refractivity contribution is 0.0908. The summed E-state index contributed by atoms with van der Waals surface area (Å²) in [4.78, 5) is 12.2. The lowest BCUT2D eigenvalue weighted by Gasteiger charge is -2.28. The van der Waals surface area contributed by atoms with Crippen molar-refractivity contribution in [2.45, 2.75) is 54.0 Å². The predicted octanol–water partition coefficient (Wildman–Crippen LogP) is 2.71. The monoisotopic (exact) mass is 238 g/mol. The zero-order chi connectivity index (χ0) is 13.2. The Morgan fingerprint density at radius 2 is 2.06 bits per heavy atom. The van der Waals surface area contributed by atoms with Gasteiger partial charge in [-0.2, -0.15) is 0 Å². The van der Waals surface area contributed by atoms with Crippen LogP contribution in [0.15, 0.2) is 4.52 Å². The SMILES string of the molecule is CCc1noc(C)c1C(=O)N[C@H](C)C(C)(C)C. The second-order valence-electron chi connectivity index (χ2n) is 5.48. The van der Waals surface area contributed by atoms with Crippen molar-refractivity contribution in [3.05, 3.63) is 17.0 Å². The smallest absolute Gasteiger partial charge is 0.257 e. The van der Waals surface area contributed by atoms with Crippen LogP contribution in [0.25, 0.3) is 0 Å². The molecule has 0 aromatic carbocycles. The maximum absolute atomic E-state index is 12.2. The van der Waals surface area contributed by atoms with Gasteiger partial charge in [-0.15, -0.1) is 0 Å². The van der Waals surface area contributed by atoms with Crippen LogP contribution in [0.1, 0.15) is 56.4 Å². The van der Waals surface area contributed by atoms with Crippen LogP contribution in [0.2, 0.25) is 0 Å². The van der Waals surface area contributed by atoms with E-state index in [0.717, 1.165) is 5.69 Å². The van der Waals surface area contributed by atoms with Crippen molar-refractivity contribution in [2.75, 3.05) is 0 Å². The van der Waals surface area contributed by atoms with Crippen molar-refractivity contribution in [1.29, 1.82) is 0 Å². The van der Waals surface area contributed by atoms with E-state index in [1.807, 2.05) is 13.8 Å². The summed E-state index contributed by atoms with van der Waals surface area (Å²) in [6.07, 6.45) is 0.698. The Labute approximate surface area is 103 Å². The number of nitrogens with zero attached hydrogens (tertiary/aromatic N) is 1. The van der Waals surface area contributed by atoms with Crippen LogP contribution in [-0.2, 0) is 6.42 Å². The molecule has 0 unspecified atom stereocenters. The fraction of sp³-hybridized carbons (Fsp3) is 0.692. The zero-order valence-corrected chi connectivity index (χ0v) is 11.5. The highest BCUT2D eigenvalue weighted by Gasteiger charge is 2.25. The van der Waals surface area contributed by atoms with Crippen LogP contribution >= 0.6 is 0 Å². The molecule has 0 radical (unpaired) electrons. The van der Waals surface area contributed by atoms with E-state index in [2.05, 4.69) is 31.2 Å². The highest BCUT2D eigenvalue weighted by atomic mass is 16.5. The first kappa shape index (κ1) is 13.7. The van der Waals surface area contributed by atoms with Gasteiger partial charge in [-0.25, -0.2) is 0 Å². The minimum atomic E-state index is -0.0944. The van der Waals surface area contributed by atoms with Crippen LogP contribution in [-0.4, -0.2) is 17.1 Å². The lowest BCUT2D eigenvalue weighted by Crippen LogP contribution is -2.41. The molecule has 17 heavy (non-hydrogen) atoms. The summed E-state index contributed by atoms with van der Waals surface area (Å²) in [7, 11) is 0. The summed E-state index contributed by atoms with van der Waals surface area (Å²) in [5, 5.41) is 6.89. The molecule has 1 rings (SSSR count). The molecule has 1 aromatic heterocycles. The largest absolute Gasteiger partial charge is 0.361 e. The fourth-order valence-electron chi connectivity index (χ4n) is 1.44. The maximum atomic E-state index is 12.2. The van der Waals surface area contributed by atoms with E-state index in [9.17, 15) is 4.79 Å². The molecule has 96 valence electrons. The quantitative estimate of drug-likeness (QED) is 0.880. The molecule has 0 fully saturated rings. The minimum Gasteiger partial charge on any atom is -0.361 e. The van der Waals surface area contributed by atoms with Gasteiger partial charge >= 0.3 is 0 Å². The molecule has 0 spiro atoms. The molecule has 0 aliphatic carbocycles. The second-order valence-corrected chi connectivity index (χ2v) is 5.48. The molecule has 1 atom stereocenters. The van der Waals surface area contributed by atoms with Gasteiger partial charge in [0.25, 0.3) is 5.91 Å². The number of amides is 1. The molecule has 1 N–H and O–H groups in total. The number of hydrogen-bond donors (Lipinski definition) is 1. The topological polar surface area (TPSA) is 55.1 Å². The van der Waals surface area contributed by atoms with Gasteiger partial charge in [0.1, 0.15) is 11.3 Å². The highest BCUT2D eigenvalue weighted by molar-refractivity contribution is 5.96. The average Bonchev–Trinajstić information content (AvgIpc) is 2.57. The molecule has 4 nitrogen and oxygen atoms in total. The van der Waals surface area contributed by atoms with Crippen LogP contribution in [0.4, 0.5) is 0 Å². The van der Waals surface area contributed by atoms with Crippen LogP contribution in [0, 0.1) is 12.3 Å². The molecule has 4 heteroatoms. The van der Waals surface area contributed by atoms with Crippen LogP contribution in [0.5, 0.6) is 0 Å². The Hall–Kier alpha value is -1.32. The average molecular weight is 238 g/mol. The van der Waals surface area contributed by atoms with Gasteiger partial charge in [-0.1, -0.05) is 32.9 Å². The molecule has 0 bridgehead atoms. The molecule has 1 heterocycles. The Morgan fingerprint density at radius 1 is 1.47 bits per heavy atom. The molecule has 1 aromatic rings. The van der Waals surface area contributed by atoms with E-state index in [4.69, 9.17) is 4.52 Å². The molecule has 0 aliphatic rings. The molecule has 0 saturated carbocycles. The Balaban J connectivity index is 2.87. The van der Waals surface area contributed by atoms with E-state index in [-0.39, 0.29) is 17.4 Å². The van der Waals surface area contributed by atoms with Gasteiger partial charge in [0.2, 0.25) is 0 Å². The summed E-state index contributed by atoms with van der Waals surface area (Å²) < 4.78 is 5.06. The van der Waals surface area contributed by atoms with E-state index in [1.54, 1.807) is 6.92 Å². The Bertz CT molecular complexity index is 402. The summed E-state index contributed by atoms with van der Waals surface area (Å²) in [5.41, 5.74) is 1.34. The Morgan fingerprint density at radius 3 is 2.53 bits per heavy atom. The lowest BCUT2D eigenvalue weighted by atomic mass is 9.88. The molecular weight excluding hydrogens is 216 g/mol. The second kappa shape index (κ2) is 4.90. The minimum absolute atomic E-state index is 0.0348. The van der Waals surface area contributed by atoms with Gasteiger partial charge in [0.15, 0.2) is 0 Å². The van der Waals surface area contributed by atoms with E-state index < -0.39 is 0 Å². The summed E-state index contributed by atoms with van der Waals surface area (Å²) in [6, 6.07) is 0.0917. The van der Waals surface area contributed by atoms with Gasteiger partial charge in [0.05, 0.1) is 5.69 Å². The van der Waals surface area contributed by atoms with E-state index in [1.165, 1.54) is 0 Å². The number of aryl methyl sites for hydroxylation is 2. The first-order valence-electron chi connectivity index (χ1n) is 6.03. The third-order valence-electron chi connectivity index (χ3n) is 3.14. The van der Waals surface area contributed by atoms with E-state index >= 15 is 0 Å². The maximum Gasteiger partial charge on any atom is 0.257 e. The van der Waals surface area contributed by atoms with Gasteiger partial charge in [0, 0.05) is 6.04 Å². The molecule has 1 amide bonds. The zero-order valence-electron chi connectivity index (χ0n) is 11.5. The predicted molar refractivity (Wildman–Crippen MR) is 67.0 cm³/mol. The number of aromatic nitrogens is 1. The molecular formula is C13H22N2O2. The van der Waals surface area contributed by atoms with Gasteiger partial charge in [-0.3, -0.25) is 4.79 Å². The first-order valence-corrected chi connectivity index (χ1v) is 6.03. The molecule has 0 saturated heterocycles. The summed E-state index contributed by atoms with van der Waals surface area (Å²) >= 11 is 0. The van der Waals surface area contributed by atoms with Crippen LogP contribution < -0.4 is 5.32 Å². The van der Waals surface area contributed by atoms with Crippen molar-refractivity contribution in [3.63, 3.8) is 0 Å². The van der Waals surface area contributed by atoms with Crippen LogP contribution in [0.3, 0.4) is 0 Å².